The average molecular weight is 336 g/mol. The maximum absolute atomic E-state index is 6.08. The molecule has 96 valence electrons. The molecule has 6 heteroatoms. The van der Waals surface area contributed by atoms with Crippen LogP contribution in [0.2, 0.25) is 0 Å². The predicted molar refractivity (Wildman–Crippen MR) is 77.8 cm³/mol. The van der Waals surface area contributed by atoms with Crippen molar-refractivity contribution in [2.45, 2.75) is 6.04 Å². The molecule has 1 aromatic carbocycles. The zero-order valence-corrected chi connectivity index (χ0v) is 12.2. The summed E-state index contributed by atoms with van der Waals surface area (Å²) in [5.41, 5.74) is 6.98. The Bertz CT molecular complexity index is 664. The van der Waals surface area contributed by atoms with Crippen molar-refractivity contribution in [1.29, 1.82) is 0 Å². The molecular formula is C13H10BrN3OS. The molecule has 4 nitrogen and oxygen atoms in total. The van der Waals surface area contributed by atoms with Gasteiger partial charge in [-0.3, -0.25) is 0 Å². The number of rotatable bonds is 3. The molecule has 0 amide bonds. The van der Waals surface area contributed by atoms with Gasteiger partial charge in [0.05, 0.1) is 0 Å². The minimum absolute atomic E-state index is 0.364. The Kier molecular flexibility index (Phi) is 3.46. The van der Waals surface area contributed by atoms with Gasteiger partial charge in [0, 0.05) is 14.9 Å². The molecule has 0 aliphatic rings. The molecule has 0 bridgehead atoms. The highest BCUT2D eigenvalue weighted by molar-refractivity contribution is 9.10. The lowest BCUT2D eigenvalue weighted by atomic mass is 10.2. The van der Waals surface area contributed by atoms with Crippen molar-refractivity contribution < 1.29 is 4.52 Å². The van der Waals surface area contributed by atoms with Crippen molar-refractivity contribution in [3.63, 3.8) is 0 Å². The van der Waals surface area contributed by atoms with Gasteiger partial charge >= 0.3 is 0 Å². The topological polar surface area (TPSA) is 64.9 Å². The Balaban J connectivity index is 1.89. The third-order valence-electron chi connectivity index (χ3n) is 2.66. The van der Waals surface area contributed by atoms with E-state index >= 15 is 0 Å². The molecule has 0 saturated heterocycles. The van der Waals surface area contributed by atoms with Gasteiger partial charge in [-0.15, -0.1) is 11.3 Å². The molecule has 3 aromatic rings. The van der Waals surface area contributed by atoms with Crippen LogP contribution < -0.4 is 5.73 Å². The Morgan fingerprint density at radius 3 is 2.68 bits per heavy atom. The Morgan fingerprint density at radius 1 is 1.21 bits per heavy atom. The van der Waals surface area contributed by atoms with Crippen LogP contribution >= 0.6 is 27.3 Å². The molecule has 0 spiro atoms. The molecule has 19 heavy (non-hydrogen) atoms. The van der Waals surface area contributed by atoms with Gasteiger partial charge in [0.25, 0.3) is 0 Å². The summed E-state index contributed by atoms with van der Waals surface area (Å²) < 4.78 is 6.25. The van der Waals surface area contributed by atoms with E-state index in [9.17, 15) is 0 Å². The standard InChI is InChI=1S/C13H10BrN3OS/c14-9-5-3-8(4-6-9)12-16-13(18-17-12)11(15)10-2-1-7-19-10/h1-7,11H,15H2. The van der Waals surface area contributed by atoms with Gasteiger partial charge in [-0.05, 0) is 35.7 Å². The van der Waals surface area contributed by atoms with Crippen molar-refractivity contribution in [3.8, 4) is 11.4 Å². The zero-order valence-electron chi connectivity index (χ0n) is 9.79. The van der Waals surface area contributed by atoms with E-state index in [0.29, 0.717) is 11.7 Å². The van der Waals surface area contributed by atoms with E-state index in [4.69, 9.17) is 10.3 Å². The normalized spacial score (nSPS) is 12.5. The van der Waals surface area contributed by atoms with Crippen molar-refractivity contribution in [3.05, 3.63) is 57.0 Å². The molecule has 2 N–H and O–H groups in total. The van der Waals surface area contributed by atoms with E-state index in [1.54, 1.807) is 11.3 Å². The van der Waals surface area contributed by atoms with Gasteiger partial charge in [-0.25, -0.2) is 0 Å². The van der Waals surface area contributed by atoms with Crippen LogP contribution in [0.3, 0.4) is 0 Å². The molecule has 1 atom stereocenters. The molecule has 0 fully saturated rings. The third-order valence-corrected chi connectivity index (χ3v) is 4.14. The lowest BCUT2D eigenvalue weighted by molar-refractivity contribution is 0.368. The fourth-order valence-electron chi connectivity index (χ4n) is 1.67. The molecule has 0 radical (unpaired) electrons. The highest BCUT2D eigenvalue weighted by atomic mass is 79.9. The molecule has 0 aliphatic heterocycles. The molecule has 2 heterocycles. The molecular weight excluding hydrogens is 326 g/mol. The Morgan fingerprint density at radius 2 is 2.00 bits per heavy atom. The number of hydrogen-bond donors (Lipinski definition) is 1. The van der Waals surface area contributed by atoms with E-state index in [1.807, 2.05) is 41.8 Å². The van der Waals surface area contributed by atoms with Crippen molar-refractivity contribution in [2.24, 2.45) is 5.73 Å². The number of aromatic nitrogens is 2. The van der Waals surface area contributed by atoms with Crippen LogP contribution in [0.4, 0.5) is 0 Å². The highest BCUT2D eigenvalue weighted by Crippen LogP contribution is 2.25. The first-order valence-electron chi connectivity index (χ1n) is 5.62. The maximum atomic E-state index is 6.08. The predicted octanol–water partition coefficient (Wildman–Crippen LogP) is 3.61. The minimum atomic E-state index is -0.364. The molecule has 0 aliphatic carbocycles. The van der Waals surface area contributed by atoms with Crippen LogP contribution in [0.1, 0.15) is 16.8 Å². The average Bonchev–Trinajstić information content (AvgIpc) is 3.10. The number of nitrogens with two attached hydrogens (primary N) is 1. The van der Waals surface area contributed by atoms with E-state index in [-0.39, 0.29) is 6.04 Å². The van der Waals surface area contributed by atoms with E-state index < -0.39 is 0 Å². The van der Waals surface area contributed by atoms with Crippen LogP contribution in [0.15, 0.2) is 50.8 Å². The first kappa shape index (κ1) is 12.5. The number of nitrogens with zero attached hydrogens (tertiary/aromatic N) is 2. The number of halogens is 1. The van der Waals surface area contributed by atoms with E-state index in [1.165, 1.54) is 0 Å². The summed E-state index contributed by atoms with van der Waals surface area (Å²) in [6, 6.07) is 11.3. The quantitative estimate of drug-likeness (QED) is 0.794. The molecule has 1 unspecified atom stereocenters. The summed E-state index contributed by atoms with van der Waals surface area (Å²) in [6.45, 7) is 0. The van der Waals surface area contributed by atoms with Crippen LogP contribution in [0, 0.1) is 0 Å². The molecule has 0 saturated carbocycles. The number of thiophene rings is 1. The van der Waals surface area contributed by atoms with Gasteiger partial charge in [-0.1, -0.05) is 27.2 Å². The van der Waals surface area contributed by atoms with Crippen LogP contribution in [0.5, 0.6) is 0 Å². The van der Waals surface area contributed by atoms with E-state index in [2.05, 4.69) is 26.1 Å². The first-order chi connectivity index (χ1) is 9.24. The summed E-state index contributed by atoms with van der Waals surface area (Å²) in [5.74, 6) is 0.981. The first-order valence-corrected chi connectivity index (χ1v) is 7.30. The van der Waals surface area contributed by atoms with Crippen molar-refractivity contribution in [1.82, 2.24) is 10.1 Å². The van der Waals surface area contributed by atoms with Crippen LogP contribution in [0.25, 0.3) is 11.4 Å². The monoisotopic (exact) mass is 335 g/mol. The maximum Gasteiger partial charge on any atom is 0.249 e. The van der Waals surface area contributed by atoms with Crippen molar-refractivity contribution >= 4 is 27.3 Å². The summed E-state index contributed by atoms with van der Waals surface area (Å²) in [4.78, 5) is 5.36. The van der Waals surface area contributed by atoms with E-state index in [0.717, 1.165) is 14.9 Å². The Hall–Kier alpha value is -1.50. The summed E-state index contributed by atoms with van der Waals surface area (Å²) >= 11 is 4.96. The fourth-order valence-corrected chi connectivity index (χ4v) is 2.65. The van der Waals surface area contributed by atoms with Gasteiger partial charge in [0.15, 0.2) is 0 Å². The van der Waals surface area contributed by atoms with Crippen LogP contribution in [-0.4, -0.2) is 10.1 Å². The van der Waals surface area contributed by atoms with Crippen molar-refractivity contribution in [2.75, 3.05) is 0 Å². The SMILES string of the molecule is NC(c1nc(-c2ccc(Br)cc2)no1)c1cccs1. The lowest BCUT2D eigenvalue weighted by Crippen LogP contribution is -2.10. The largest absolute Gasteiger partial charge is 0.337 e. The Labute approximate surface area is 122 Å². The highest BCUT2D eigenvalue weighted by Gasteiger charge is 2.18. The fraction of sp³-hybridized carbons (Fsp3) is 0.0769. The molecule has 2 aromatic heterocycles. The summed E-state index contributed by atoms with van der Waals surface area (Å²) in [5, 5.41) is 5.94. The zero-order chi connectivity index (χ0) is 13.2. The summed E-state index contributed by atoms with van der Waals surface area (Å²) in [7, 11) is 0. The second kappa shape index (κ2) is 5.24. The van der Waals surface area contributed by atoms with Gasteiger partial charge < -0.3 is 10.3 Å². The minimum Gasteiger partial charge on any atom is -0.337 e. The van der Waals surface area contributed by atoms with Gasteiger partial charge in [0.1, 0.15) is 6.04 Å². The number of hydrogen-bond acceptors (Lipinski definition) is 5. The number of benzene rings is 1. The smallest absolute Gasteiger partial charge is 0.249 e. The second-order valence-electron chi connectivity index (χ2n) is 3.96. The second-order valence-corrected chi connectivity index (χ2v) is 5.85. The van der Waals surface area contributed by atoms with Gasteiger partial charge in [0.2, 0.25) is 11.7 Å². The lowest BCUT2D eigenvalue weighted by Gasteiger charge is -2.01. The third kappa shape index (κ3) is 2.60. The van der Waals surface area contributed by atoms with Gasteiger partial charge in [-0.2, -0.15) is 4.98 Å². The molecule has 3 rings (SSSR count). The summed E-state index contributed by atoms with van der Waals surface area (Å²) in [6.07, 6.45) is 0. The van der Waals surface area contributed by atoms with Crippen LogP contribution in [-0.2, 0) is 0 Å².